The second-order valence-corrected chi connectivity index (χ2v) is 3.83. The number of carbonyl (C=O) groups excluding carboxylic acids is 1. The van der Waals surface area contributed by atoms with Crippen LogP contribution >= 0.6 is 23.2 Å². The fraction of sp³-hybridized carbons (Fsp3) is 0.222. The average molecular weight is 279 g/mol. The van der Waals surface area contributed by atoms with Gasteiger partial charge < -0.3 is 15.5 Å². The number of carboxylic acid groups (broad SMARTS) is 1. The number of hydrogen-bond donors (Lipinski definition) is 3. The molecule has 0 aliphatic heterocycles. The highest BCUT2D eigenvalue weighted by Gasteiger charge is 2.15. The van der Waals surface area contributed by atoms with Crippen LogP contribution in [0.15, 0.2) is 12.3 Å². The molecule has 1 heterocycles. The van der Waals surface area contributed by atoms with Crippen molar-refractivity contribution in [2.75, 3.05) is 6.54 Å². The molecule has 1 aromatic heterocycles. The largest absolute Gasteiger partial charge is 0.479 e. The maximum absolute atomic E-state index is 11.5. The van der Waals surface area contributed by atoms with Crippen molar-refractivity contribution < 1.29 is 19.8 Å². The molecule has 0 aromatic carbocycles. The summed E-state index contributed by atoms with van der Waals surface area (Å²) >= 11 is 11.2. The lowest BCUT2D eigenvalue weighted by molar-refractivity contribution is -0.146. The van der Waals surface area contributed by atoms with Crippen LogP contribution < -0.4 is 5.32 Å². The molecule has 0 aliphatic rings. The van der Waals surface area contributed by atoms with E-state index in [0.717, 1.165) is 0 Å². The van der Waals surface area contributed by atoms with Crippen LogP contribution in [0.3, 0.4) is 0 Å². The Bertz CT molecular complexity index is 453. The average Bonchev–Trinajstić information content (AvgIpc) is 2.28. The Morgan fingerprint density at radius 2 is 2.12 bits per heavy atom. The second-order valence-electron chi connectivity index (χ2n) is 3.06. The number of halogens is 2. The molecule has 92 valence electrons. The molecule has 0 bridgehead atoms. The number of carbonyl (C=O) groups is 2. The summed E-state index contributed by atoms with van der Waals surface area (Å²) in [4.78, 5) is 25.4. The van der Waals surface area contributed by atoms with E-state index in [-0.39, 0.29) is 15.7 Å². The maximum atomic E-state index is 11.5. The first-order valence-electron chi connectivity index (χ1n) is 4.42. The Balaban J connectivity index is 2.64. The zero-order chi connectivity index (χ0) is 13.0. The smallest absolute Gasteiger partial charge is 0.334 e. The van der Waals surface area contributed by atoms with Crippen LogP contribution in [0.4, 0.5) is 0 Å². The number of rotatable bonds is 4. The number of amides is 1. The minimum atomic E-state index is -1.66. The summed E-state index contributed by atoms with van der Waals surface area (Å²) in [5, 5.41) is 19.7. The molecule has 1 amide bonds. The van der Waals surface area contributed by atoms with E-state index in [1.165, 1.54) is 12.3 Å². The van der Waals surface area contributed by atoms with Crippen molar-refractivity contribution in [1.82, 2.24) is 10.3 Å². The third-order valence-electron chi connectivity index (χ3n) is 1.80. The molecule has 0 fully saturated rings. The molecule has 0 saturated heterocycles. The van der Waals surface area contributed by atoms with Crippen LogP contribution in [-0.4, -0.2) is 39.7 Å². The van der Waals surface area contributed by atoms with Crippen LogP contribution in [-0.2, 0) is 4.79 Å². The van der Waals surface area contributed by atoms with E-state index in [0.29, 0.717) is 0 Å². The fourth-order valence-electron chi connectivity index (χ4n) is 0.924. The monoisotopic (exact) mass is 278 g/mol. The Hall–Kier alpha value is -1.37. The molecule has 0 saturated carbocycles. The molecule has 3 N–H and O–H groups in total. The number of aliphatic carboxylic acids is 1. The Morgan fingerprint density at radius 3 is 2.65 bits per heavy atom. The molecule has 1 rings (SSSR count). The lowest BCUT2D eigenvalue weighted by Gasteiger charge is -2.07. The van der Waals surface area contributed by atoms with Gasteiger partial charge in [-0.3, -0.25) is 4.79 Å². The van der Waals surface area contributed by atoms with Gasteiger partial charge in [-0.15, -0.1) is 0 Å². The van der Waals surface area contributed by atoms with Gasteiger partial charge in [0.05, 0.1) is 17.1 Å². The van der Waals surface area contributed by atoms with Gasteiger partial charge in [0.25, 0.3) is 5.91 Å². The van der Waals surface area contributed by atoms with Gasteiger partial charge in [0.2, 0.25) is 0 Å². The first kappa shape index (κ1) is 13.7. The van der Waals surface area contributed by atoms with Gasteiger partial charge in [0.15, 0.2) is 6.10 Å². The van der Waals surface area contributed by atoms with E-state index in [9.17, 15) is 9.59 Å². The predicted molar refractivity (Wildman–Crippen MR) is 60.2 cm³/mol. The van der Waals surface area contributed by atoms with E-state index in [4.69, 9.17) is 33.4 Å². The van der Waals surface area contributed by atoms with Gasteiger partial charge >= 0.3 is 5.97 Å². The number of nitrogens with zero attached hydrogens (tertiary/aromatic N) is 1. The van der Waals surface area contributed by atoms with Gasteiger partial charge in [0, 0.05) is 6.20 Å². The van der Waals surface area contributed by atoms with E-state index in [2.05, 4.69) is 10.3 Å². The minimum Gasteiger partial charge on any atom is -0.479 e. The molecule has 0 aliphatic carbocycles. The van der Waals surface area contributed by atoms with Crippen molar-refractivity contribution in [2.45, 2.75) is 6.10 Å². The number of aliphatic hydroxyl groups excluding tert-OH is 1. The van der Waals surface area contributed by atoms with Crippen molar-refractivity contribution in [3.63, 3.8) is 0 Å². The topological polar surface area (TPSA) is 99.5 Å². The summed E-state index contributed by atoms with van der Waals surface area (Å²) in [6.07, 6.45) is -0.467. The van der Waals surface area contributed by atoms with E-state index >= 15 is 0 Å². The maximum Gasteiger partial charge on any atom is 0.334 e. The number of carboxylic acids is 1. The molecule has 8 heteroatoms. The summed E-state index contributed by atoms with van der Waals surface area (Å²) in [5.74, 6) is -2.02. The molecule has 17 heavy (non-hydrogen) atoms. The van der Waals surface area contributed by atoms with Gasteiger partial charge in [-0.25, -0.2) is 9.78 Å². The van der Waals surface area contributed by atoms with Crippen LogP contribution in [0.1, 0.15) is 10.4 Å². The third-order valence-corrected chi connectivity index (χ3v) is 2.49. The normalized spacial score (nSPS) is 11.9. The van der Waals surface area contributed by atoms with Crippen molar-refractivity contribution in [3.05, 3.63) is 28.0 Å². The van der Waals surface area contributed by atoms with Gasteiger partial charge in [-0.05, 0) is 6.07 Å². The molecular formula is C9H8Cl2N2O4. The zero-order valence-corrected chi connectivity index (χ0v) is 9.87. The standard InChI is InChI=1S/C9H8Cl2N2O4/c10-5-1-4(2-12-7(5)11)8(15)13-3-6(14)9(16)17/h1-2,6,14H,3H2,(H,13,15)(H,16,17)/t6-/m0/s1. The van der Waals surface area contributed by atoms with Crippen molar-refractivity contribution in [2.24, 2.45) is 0 Å². The first-order chi connectivity index (χ1) is 7.91. The summed E-state index contributed by atoms with van der Waals surface area (Å²) in [6, 6.07) is 1.29. The molecule has 0 spiro atoms. The predicted octanol–water partition coefficient (Wildman–Crippen LogP) is 0.564. The molecular weight excluding hydrogens is 271 g/mol. The molecule has 1 atom stereocenters. The lowest BCUT2D eigenvalue weighted by Crippen LogP contribution is -2.36. The van der Waals surface area contributed by atoms with E-state index in [1.807, 2.05) is 0 Å². The highest BCUT2D eigenvalue weighted by atomic mass is 35.5. The lowest BCUT2D eigenvalue weighted by atomic mass is 10.2. The summed E-state index contributed by atoms with van der Waals surface area (Å²) in [7, 11) is 0. The van der Waals surface area contributed by atoms with Crippen molar-refractivity contribution >= 4 is 35.1 Å². The van der Waals surface area contributed by atoms with Crippen LogP contribution in [0, 0.1) is 0 Å². The van der Waals surface area contributed by atoms with Gasteiger partial charge in [-0.1, -0.05) is 23.2 Å². The summed E-state index contributed by atoms with van der Waals surface area (Å²) < 4.78 is 0. The van der Waals surface area contributed by atoms with Crippen molar-refractivity contribution in [3.8, 4) is 0 Å². The highest BCUT2D eigenvalue weighted by Crippen LogP contribution is 2.19. The first-order valence-corrected chi connectivity index (χ1v) is 5.17. The summed E-state index contributed by atoms with van der Waals surface area (Å²) in [6.45, 7) is -0.408. The second kappa shape index (κ2) is 5.81. The van der Waals surface area contributed by atoms with Gasteiger partial charge in [0.1, 0.15) is 5.15 Å². The number of aromatic nitrogens is 1. The molecule has 1 aromatic rings. The van der Waals surface area contributed by atoms with Gasteiger partial charge in [-0.2, -0.15) is 0 Å². The van der Waals surface area contributed by atoms with E-state index < -0.39 is 24.5 Å². The number of nitrogens with one attached hydrogen (secondary N) is 1. The Morgan fingerprint density at radius 1 is 1.47 bits per heavy atom. The van der Waals surface area contributed by atoms with Crippen LogP contribution in [0.5, 0.6) is 0 Å². The Labute approximate surface area is 106 Å². The molecule has 0 unspecified atom stereocenters. The fourth-order valence-corrected chi connectivity index (χ4v) is 1.19. The third kappa shape index (κ3) is 3.85. The van der Waals surface area contributed by atoms with Crippen molar-refractivity contribution in [1.29, 1.82) is 0 Å². The quantitative estimate of drug-likeness (QED) is 0.699. The van der Waals surface area contributed by atoms with Crippen LogP contribution in [0.25, 0.3) is 0 Å². The van der Waals surface area contributed by atoms with E-state index in [1.54, 1.807) is 0 Å². The number of aliphatic hydroxyl groups is 1. The van der Waals surface area contributed by atoms with Crippen LogP contribution in [0.2, 0.25) is 10.2 Å². The number of pyridine rings is 1. The number of hydrogen-bond acceptors (Lipinski definition) is 4. The highest BCUT2D eigenvalue weighted by molar-refractivity contribution is 6.41. The molecule has 6 nitrogen and oxygen atoms in total. The SMILES string of the molecule is O=C(NC[C@H](O)C(=O)O)c1cnc(Cl)c(Cl)c1. The Kier molecular flexibility index (Phi) is 4.68. The summed E-state index contributed by atoms with van der Waals surface area (Å²) in [5.41, 5.74) is 0.122. The minimum absolute atomic E-state index is 0.0637. The molecule has 0 radical (unpaired) electrons. The zero-order valence-electron chi connectivity index (χ0n) is 8.35.